The molecule has 0 atom stereocenters. The predicted molar refractivity (Wildman–Crippen MR) is 86.8 cm³/mol. The fraction of sp³-hybridized carbons (Fsp3) is 0.400. The molecular weight excluding hydrogens is 272 g/mol. The standard InChI is InChI=1S/C15H20N2S2/c1-2-10-18-11-14-17-15(13(19-14)8-9-16)12-6-4-3-5-7-12/h3-7H,2,8-11,16H2,1H3. The van der Waals surface area contributed by atoms with E-state index in [1.807, 2.05) is 29.2 Å². The van der Waals surface area contributed by atoms with E-state index in [4.69, 9.17) is 10.7 Å². The molecule has 0 saturated carbocycles. The van der Waals surface area contributed by atoms with Crippen LogP contribution in [-0.4, -0.2) is 17.3 Å². The van der Waals surface area contributed by atoms with Crippen LogP contribution < -0.4 is 5.73 Å². The van der Waals surface area contributed by atoms with Gasteiger partial charge in [0.15, 0.2) is 0 Å². The minimum atomic E-state index is 0.684. The molecule has 2 N–H and O–H groups in total. The lowest BCUT2D eigenvalue weighted by atomic mass is 10.1. The summed E-state index contributed by atoms with van der Waals surface area (Å²) in [5.41, 5.74) is 8.04. The van der Waals surface area contributed by atoms with Crippen LogP contribution in [0.25, 0.3) is 11.3 Å². The lowest BCUT2D eigenvalue weighted by Crippen LogP contribution is -2.02. The molecule has 19 heavy (non-hydrogen) atoms. The van der Waals surface area contributed by atoms with Crippen molar-refractivity contribution in [2.75, 3.05) is 12.3 Å². The Balaban J connectivity index is 2.21. The zero-order valence-electron chi connectivity index (χ0n) is 11.3. The van der Waals surface area contributed by atoms with E-state index in [0.717, 1.165) is 17.9 Å². The molecule has 0 bridgehead atoms. The first-order chi connectivity index (χ1) is 9.35. The molecule has 1 heterocycles. The van der Waals surface area contributed by atoms with Gasteiger partial charge in [0.2, 0.25) is 0 Å². The summed E-state index contributed by atoms with van der Waals surface area (Å²) in [6, 6.07) is 10.4. The summed E-state index contributed by atoms with van der Waals surface area (Å²) < 4.78 is 0. The summed E-state index contributed by atoms with van der Waals surface area (Å²) in [6.07, 6.45) is 2.14. The van der Waals surface area contributed by atoms with Gasteiger partial charge in [0, 0.05) is 16.2 Å². The van der Waals surface area contributed by atoms with Gasteiger partial charge in [-0.3, -0.25) is 0 Å². The summed E-state index contributed by atoms with van der Waals surface area (Å²) in [6.45, 7) is 2.90. The molecule has 1 aromatic heterocycles. The van der Waals surface area contributed by atoms with Gasteiger partial charge in [-0.2, -0.15) is 11.8 Å². The smallest absolute Gasteiger partial charge is 0.103 e. The molecule has 2 aromatic rings. The van der Waals surface area contributed by atoms with Crippen molar-refractivity contribution < 1.29 is 0 Å². The lowest BCUT2D eigenvalue weighted by molar-refractivity contribution is 0.985. The Labute approximate surface area is 123 Å². The summed E-state index contributed by atoms with van der Waals surface area (Å²) in [5.74, 6) is 2.22. The molecule has 0 aliphatic rings. The Kier molecular flexibility index (Phi) is 5.89. The topological polar surface area (TPSA) is 38.9 Å². The molecule has 1 aromatic carbocycles. The molecule has 0 amide bonds. The first-order valence-corrected chi connectivity index (χ1v) is 8.64. The summed E-state index contributed by atoms with van der Waals surface area (Å²) in [7, 11) is 0. The maximum atomic E-state index is 5.71. The van der Waals surface area contributed by atoms with E-state index in [1.54, 1.807) is 0 Å². The van der Waals surface area contributed by atoms with Gasteiger partial charge < -0.3 is 5.73 Å². The van der Waals surface area contributed by atoms with Crippen LogP contribution in [0.5, 0.6) is 0 Å². The number of thiazole rings is 1. The highest BCUT2D eigenvalue weighted by Gasteiger charge is 2.12. The number of hydrogen-bond acceptors (Lipinski definition) is 4. The van der Waals surface area contributed by atoms with Crippen LogP contribution in [0.15, 0.2) is 30.3 Å². The van der Waals surface area contributed by atoms with E-state index in [9.17, 15) is 0 Å². The van der Waals surface area contributed by atoms with Gasteiger partial charge in [0.25, 0.3) is 0 Å². The van der Waals surface area contributed by atoms with E-state index in [2.05, 4.69) is 31.2 Å². The summed E-state index contributed by atoms with van der Waals surface area (Å²) >= 11 is 3.78. The second kappa shape index (κ2) is 7.68. The molecule has 2 rings (SSSR count). The van der Waals surface area contributed by atoms with Gasteiger partial charge >= 0.3 is 0 Å². The van der Waals surface area contributed by atoms with Crippen LogP contribution in [0.2, 0.25) is 0 Å². The SMILES string of the molecule is CCCSCc1nc(-c2ccccc2)c(CCN)s1. The molecule has 0 radical (unpaired) electrons. The second-order valence-corrected chi connectivity index (χ2v) is 6.61. The largest absolute Gasteiger partial charge is 0.330 e. The molecule has 2 nitrogen and oxygen atoms in total. The van der Waals surface area contributed by atoms with Crippen LogP contribution >= 0.6 is 23.1 Å². The first kappa shape index (κ1) is 14.6. The Bertz CT molecular complexity index is 494. The Morgan fingerprint density at radius 3 is 2.74 bits per heavy atom. The fourth-order valence-corrected chi connectivity index (χ4v) is 3.95. The molecule has 0 unspecified atom stereocenters. The third kappa shape index (κ3) is 4.06. The maximum Gasteiger partial charge on any atom is 0.103 e. The van der Waals surface area contributed by atoms with E-state index >= 15 is 0 Å². The number of aromatic nitrogens is 1. The molecular formula is C15H20N2S2. The molecule has 0 saturated heterocycles. The van der Waals surface area contributed by atoms with Crippen LogP contribution in [0.3, 0.4) is 0 Å². The van der Waals surface area contributed by atoms with E-state index in [0.29, 0.717) is 6.54 Å². The van der Waals surface area contributed by atoms with Crippen molar-refractivity contribution in [1.29, 1.82) is 0 Å². The van der Waals surface area contributed by atoms with Gasteiger partial charge in [0.1, 0.15) is 5.01 Å². The molecule has 0 aliphatic heterocycles. The van der Waals surface area contributed by atoms with E-state index in [1.165, 1.54) is 27.6 Å². The van der Waals surface area contributed by atoms with Crippen molar-refractivity contribution >= 4 is 23.1 Å². The maximum absolute atomic E-state index is 5.71. The van der Waals surface area contributed by atoms with E-state index in [-0.39, 0.29) is 0 Å². The number of nitrogens with zero attached hydrogens (tertiary/aromatic N) is 1. The van der Waals surface area contributed by atoms with Crippen LogP contribution in [-0.2, 0) is 12.2 Å². The van der Waals surface area contributed by atoms with Crippen molar-refractivity contribution in [3.63, 3.8) is 0 Å². The van der Waals surface area contributed by atoms with Gasteiger partial charge in [-0.1, -0.05) is 37.3 Å². The number of rotatable bonds is 7. The highest BCUT2D eigenvalue weighted by Crippen LogP contribution is 2.30. The molecule has 102 valence electrons. The second-order valence-electron chi connectivity index (χ2n) is 4.34. The van der Waals surface area contributed by atoms with Crippen molar-refractivity contribution in [2.45, 2.75) is 25.5 Å². The van der Waals surface area contributed by atoms with Crippen LogP contribution in [0.1, 0.15) is 23.2 Å². The third-order valence-corrected chi connectivity index (χ3v) is 5.21. The molecule has 0 spiro atoms. The summed E-state index contributed by atoms with van der Waals surface area (Å²) in [5, 5.41) is 1.22. The first-order valence-electron chi connectivity index (χ1n) is 6.67. The fourth-order valence-electron chi connectivity index (χ4n) is 1.89. The average Bonchev–Trinajstić information content (AvgIpc) is 2.84. The number of benzene rings is 1. The zero-order chi connectivity index (χ0) is 13.5. The molecule has 4 heteroatoms. The van der Waals surface area contributed by atoms with Gasteiger partial charge in [-0.15, -0.1) is 11.3 Å². The monoisotopic (exact) mass is 292 g/mol. The van der Waals surface area contributed by atoms with Gasteiger partial charge in [0.05, 0.1) is 5.69 Å². The minimum Gasteiger partial charge on any atom is -0.330 e. The average molecular weight is 292 g/mol. The number of nitrogens with two attached hydrogens (primary N) is 1. The molecule has 0 fully saturated rings. The third-order valence-electron chi connectivity index (χ3n) is 2.73. The summed E-state index contributed by atoms with van der Waals surface area (Å²) in [4.78, 5) is 6.13. The van der Waals surface area contributed by atoms with Crippen molar-refractivity contribution in [1.82, 2.24) is 4.98 Å². The van der Waals surface area contributed by atoms with Crippen molar-refractivity contribution in [3.05, 3.63) is 40.2 Å². The van der Waals surface area contributed by atoms with E-state index < -0.39 is 0 Å². The van der Waals surface area contributed by atoms with Gasteiger partial charge in [-0.05, 0) is 25.1 Å². The Hall–Kier alpha value is -0.840. The zero-order valence-corrected chi connectivity index (χ0v) is 12.9. The normalized spacial score (nSPS) is 10.8. The quantitative estimate of drug-likeness (QED) is 0.785. The van der Waals surface area contributed by atoms with Crippen LogP contribution in [0, 0.1) is 0 Å². The highest BCUT2D eigenvalue weighted by molar-refractivity contribution is 7.98. The van der Waals surface area contributed by atoms with Crippen molar-refractivity contribution in [2.24, 2.45) is 5.73 Å². The predicted octanol–water partition coefficient (Wildman–Crippen LogP) is 3.95. The lowest BCUT2D eigenvalue weighted by Gasteiger charge is -2.00. The van der Waals surface area contributed by atoms with Gasteiger partial charge in [-0.25, -0.2) is 4.98 Å². The number of hydrogen-bond donors (Lipinski definition) is 1. The Morgan fingerprint density at radius 2 is 2.05 bits per heavy atom. The molecule has 0 aliphatic carbocycles. The highest BCUT2D eigenvalue weighted by atomic mass is 32.2. The minimum absolute atomic E-state index is 0.684. The number of thioether (sulfide) groups is 1. The Morgan fingerprint density at radius 1 is 1.26 bits per heavy atom. The van der Waals surface area contributed by atoms with Crippen LogP contribution in [0.4, 0.5) is 0 Å². The van der Waals surface area contributed by atoms with Crippen molar-refractivity contribution in [3.8, 4) is 11.3 Å².